The topological polar surface area (TPSA) is 42.5 Å². The summed E-state index contributed by atoms with van der Waals surface area (Å²) in [5.74, 6) is 3.89. The largest absolute Gasteiger partial charge is 0.484 e. The van der Waals surface area contributed by atoms with Crippen molar-refractivity contribution in [3.63, 3.8) is 0 Å². The summed E-state index contributed by atoms with van der Waals surface area (Å²) >= 11 is 3.78. The van der Waals surface area contributed by atoms with E-state index in [4.69, 9.17) is 9.47 Å². The van der Waals surface area contributed by atoms with E-state index < -0.39 is 0 Å². The summed E-state index contributed by atoms with van der Waals surface area (Å²) in [6.07, 6.45) is 0.0379. The van der Waals surface area contributed by atoms with E-state index >= 15 is 0 Å². The maximum Gasteiger partial charge on any atom is 0.139 e. The Morgan fingerprint density at radius 1 is 0.833 bits per heavy atom. The van der Waals surface area contributed by atoms with Crippen molar-refractivity contribution < 1.29 is 9.47 Å². The quantitative estimate of drug-likeness (QED) is 0.546. The molecule has 4 nitrogen and oxygen atoms in total. The van der Waals surface area contributed by atoms with Crippen LogP contribution >= 0.6 is 23.5 Å². The molecular formula is C24H22N2O2S2. The molecule has 6 heteroatoms. The van der Waals surface area contributed by atoms with Crippen LogP contribution in [0.5, 0.6) is 11.5 Å². The summed E-state index contributed by atoms with van der Waals surface area (Å²) in [6, 6.07) is 21.9. The Kier molecular flexibility index (Phi) is 4.78. The Morgan fingerprint density at radius 3 is 2.70 bits per heavy atom. The second-order valence-corrected chi connectivity index (χ2v) is 9.83. The summed E-state index contributed by atoms with van der Waals surface area (Å²) in [5, 5.41) is 6.92. The maximum absolute atomic E-state index is 6.48. The third kappa shape index (κ3) is 3.43. The van der Waals surface area contributed by atoms with Crippen molar-refractivity contribution >= 4 is 29.2 Å². The number of benzene rings is 3. The first-order chi connectivity index (χ1) is 14.8. The molecule has 2 N–H and O–H groups in total. The fourth-order valence-electron chi connectivity index (χ4n) is 4.13. The molecule has 3 aliphatic rings. The van der Waals surface area contributed by atoms with Gasteiger partial charge in [-0.15, -0.1) is 23.5 Å². The van der Waals surface area contributed by atoms with Crippen molar-refractivity contribution in [2.75, 3.05) is 23.6 Å². The number of fused-ring (bicyclic) bond motifs is 3. The number of rotatable bonds is 2. The molecule has 3 heterocycles. The number of nitrogens with one attached hydrogen (secondary N) is 2. The SMILES string of the molecule is c1ccc2c(c1)NC(c1ccc3c(c1)OC(c1ccc4c(c1)OCNC4)CS3)CS2. The Bertz CT molecular complexity index is 1100. The lowest BCUT2D eigenvalue weighted by molar-refractivity contribution is 0.217. The standard InChI is InChI=1S/C24H22N2O2S2/c1-2-4-23-18(3-1)26-19(12-29-23)15-7-8-24-21(9-15)28-22(13-30-24)16-5-6-17-11-25-14-27-20(17)10-16/h1-10,19,22,25-26H,11-14H2. The van der Waals surface area contributed by atoms with Gasteiger partial charge in [0.25, 0.3) is 0 Å². The number of ether oxygens (including phenoxy) is 2. The van der Waals surface area contributed by atoms with Crippen LogP contribution in [0.15, 0.2) is 70.5 Å². The molecule has 2 unspecified atom stereocenters. The molecule has 0 fully saturated rings. The molecule has 3 aliphatic heterocycles. The number of hydrogen-bond donors (Lipinski definition) is 2. The van der Waals surface area contributed by atoms with Gasteiger partial charge >= 0.3 is 0 Å². The minimum Gasteiger partial charge on any atom is -0.484 e. The highest BCUT2D eigenvalue weighted by atomic mass is 32.2. The summed E-state index contributed by atoms with van der Waals surface area (Å²) in [7, 11) is 0. The van der Waals surface area contributed by atoms with E-state index in [1.165, 1.54) is 32.2 Å². The molecule has 0 spiro atoms. The van der Waals surface area contributed by atoms with Crippen LogP contribution in [0.2, 0.25) is 0 Å². The van der Waals surface area contributed by atoms with Gasteiger partial charge in [0.05, 0.1) is 6.04 Å². The van der Waals surface area contributed by atoms with Crippen molar-refractivity contribution in [2.24, 2.45) is 0 Å². The highest BCUT2D eigenvalue weighted by Gasteiger charge is 2.26. The number of anilines is 1. The monoisotopic (exact) mass is 434 g/mol. The zero-order chi connectivity index (χ0) is 19.9. The first-order valence-corrected chi connectivity index (χ1v) is 12.2. The number of para-hydroxylation sites is 1. The molecule has 0 saturated carbocycles. The van der Waals surface area contributed by atoms with Gasteiger partial charge in [-0.3, -0.25) is 5.32 Å². The lowest BCUT2D eigenvalue weighted by Crippen LogP contribution is -2.25. The van der Waals surface area contributed by atoms with E-state index in [2.05, 4.69) is 71.3 Å². The van der Waals surface area contributed by atoms with Crippen LogP contribution in [0, 0.1) is 0 Å². The van der Waals surface area contributed by atoms with Gasteiger partial charge in [0.2, 0.25) is 0 Å². The molecule has 0 radical (unpaired) electrons. The summed E-state index contributed by atoms with van der Waals surface area (Å²) in [4.78, 5) is 2.54. The van der Waals surface area contributed by atoms with Gasteiger partial charge in [-0.2, -0.15) is 0 Å². The molecule has 3 aromatic rings. The minimum absolute atomic E-state index is 0.0379. The van der Waals surface area contributed by atoms with Crippen LogP contribution in [0.25, 0.3) is 0 Å². The van der Waals surface area contributed by atoms with E-state index in [9.17, 15) is 0 Å². The lowest BCUT2D eigenvalue weighted by atomic mass is 10.0. The van der Waals surface area contributed by atoms with Crippen molar-refractivity contribution in [1.29, 1.82) is 0 Å². The molecule has 6 rings (SSSR count). The fourth-order valence-corrected chi connectivity index (χ4v) is 6.21. The molecule has 0 saturated heterocycles. The van der Waals surface area contributed by atoms with Gasteiger partial charge in [-0.05, 0) is 41.5 Å². The van der Waals surface area contributed by atoms with Gasteiger partial charge < -0.3 is 14.8 Å². The molecule has 152 valence electrons. The summed E-state index contributed by atoms with van der Waals surface area (Å²) in [5.41, 5.74) is 4.88. The third-order valence-corrected chi connectivity index (χ3v) is 8.04. The van der Waals surface area contributed by atoms with Gasteiger partial charge in [-0.1, -0.05) is 30.3 Å². The van der Waals surface area contributed by atoms with Crippen LogP contribution < -0.4 is 20.1 Å². The second kappa shape index (κ2) is 7.76. The molecular weight excluding hydrogens is 412 g/mol. The molecule has 0 amide bonds. The van der Waals surface area contributed by atoms with E-state index in [0.717, 1.165) is 29.5 Å². The predicted octanol–water partition coefficient (Wildman–Crippen LogP) is 5.61. The maximum atomic E-state index is 6.48. The Balaban J connectivity index is 1.24. The molecule has 0 bridgehead atoms. The van der Waals surface area contributed by atoms with E-state index in [1.807, 2.05) is 23.5 Å². The van der Waals surface area contributed by atoms with E-state index in [-0.39, 0.29) is 12.1 Å². The van der Waals surface area contributed by atoms with E-state index in [1.54, 1.807) is 0 Å². The van der Waals surface area contributed by atoms with Crippen molar-refractivity contribution in [3.8, 4) is 11.5 Å². The minimum atomic E-state index is 0.0379. The average Bonchev–Trinajstić information content (AvgIpc) is 2.82. The Hall–Kier alpha value is -2.28. The average molecular weight is 435 g/mol. The molecule has 3 aromatic carbocycles. The smallest absolute Gasteiger partial charge is 0.139 e. The first kappa shape index (κ1) is 18.5. The molecule has 0 aromatic heterocycles. The van der Waals surface area contributed by atoms with Gasteiger partial charge in [0.15, 0.2) is 0 Å². The zero-order valence-electron chi connectivity index (χ0n) is 16.4. The van der Waals surface area contributed by atoms with E-state index in [0.29, 0.717) is 6.73 Å². The van der Waals surface area contributed by atoms with Crippen LogP contribution in [-0.4, -0.2) is 18.2 Å². The Morgan fingerprint density at radius 2 is 1.70 bits per heavy atom. The highest BCUT2D eigenvalue weighted by molar-refractivity contribution is 7.99. The molecule has 0 aliphatic carbocycles. The number of thioether (sulfide) groups is 2. The third-order valence-electron chi connectivity index (χ3n) is 5.76. The normalized spacial score (nSPS) is 21.9. The molecule has 2 atom stereocenters. The Labute approximate surface area is 184 Å². The van der Waals surface area contributed by atoms with Crippen LogP contribution in [0.1, 0.15) is 28.8 Å². The van der Waals surface area contributed by atoms with Gasteiger partial charge in [0, 0.05) is 39.1 Å². The molecule has 30 heavy (non-hydrogen) atoms. The van der Waals surface area contributed by atoms with Crippen LogP contribution in [0.3, 0.4) is 0 Å². The highest BCUT2D eigenvalue weighted by Crippen LogP contribution is 2.44. The van der Waals surface area contributed by atoms with Crippen molar-refractivity contribution in [2.45, 2.75) is 28.5 Å². The number of hydrogen-bond acceptors (Lipinski definition) is 6. The first-order valence-electron chi connectivity index (χ1n) is 10.2. The van der Waals surface area contributed by atoms with Crippen LogP contribution in [-0.2, 0) is 6.54 Å². The van der Waals surface area contributed by atoms with Crippen molar-refractivity contribution in [1.82, 2.24) is 5.32 Å². The zero-order valence-corrected chi connectivity index (χ0v) is 18.0. The van der Waals surface area contributed by atoms with Gasteiger partial charge in [-0.25, -0.2) is 0 Å². The van der Waals surface area contributed by atoms with Crippen molar-refractivity contribution in [3.05, 3.63) is 77.4 Å². The summed E-state index contributed by atoms with van der Waals surface area (Å²) in [6.45, 7) is 1.43. The van der Waals surface area contributed by atoms with Crippen LogP contribution in [0.4, 0.5) is 5.69 Å². The van der Waals surface area contributed by atoms with Gasteiger partial charge in [0.1, 0.15) is 24.3 Å². The summed E-state index contributed by atoms with van der Waals surface area (Å²) < 4.78 is 12.3. The lowest BCUT2D eigenvalue weighted by Gasteiger charge is -2.30. The second-order valence-electron chi connectivity index (χ2n) is 7.71. The fraction of sp³-hybridized carbons (Fsp3) is 0.250. The predicted molar refractivity (Wildman–Crippen MR) is 123 cm³/mol.